The van der Waals surface area contributed by atoms with Crippen LogP contribution in [0.4, 0.5) is 0 Å². The minimum absolute atomic E-state index is 0.108. The average Bonchev–Trinajstić information content (AvgIpc) is 2.70. The van der Waals surface area contributed by atoms with E-state index in [0.717, 1.165) is 5.56 Å². The Balaban J connectivity index is 1.73. The van der Waals surface area contributed by atoms with E-state index in [1.165, 1.54) is 11.2 Å². The van der Waals surface area contributed by atoms with Gasteiger partial charge in [0, 0.05) is 12.6 Å². The second-order valence-electron chi connectivity index (χ2n) is 5.85. The van der Waals surface area contributed by atoms with Crippen LogP contribution in [0.5, 0.6) is 17.2 Å². The number of carbonyl (C=O) groups excluding carboxylic acids is 1. The van der Waals surface area contributed by atoms with Crippen molar-refractivity contribution in [2.24, 2.45) is 5.10 Å². The predicted octanol–water partition coefficient (Wildman–Crippen LogP) is 5.82. The predicted molar refractivity (Wildman–Crippen MR) is 116 cm³/mol. The molecule has 0 aliphatic rings. The number of rotatable bonds is 5. The van der Waals surface area contributed by atoms with Crippen molar-refractivity contribution in [2.45, 2.75) is 0 Å². The van der Waals surface area contributed by atoms with Crippen molar-refractivity contribution >= 4 is 44.0 Å². The molecule has 5 nitrogen and oxygen atoms in total. The summed E-state index contributed by atoms with van der Waals surface area (Å²) in [5.41, 5.74) is 1.18. The second-order valence-corrected chi connectivity index (χ2v) is 7.56. The number of para-hydroxylation sites is 1. The molecule has 142 valence electrons. The Kier molecular flexibility index (Phi) is 6.49. The maximum Gasteiger partial charge on any atom is 0.273 e. The summed E-state index contributed by atoms with van der Waals surface area (Å²) in [5.74, 6) is 1.10. The van der Waals surface area contributed by atoms with Gasteiger partial charge in [0.25, 0.3) is 5.91 Å². The van der Waals surface area contributed by atoms with Gasteiger partial charge in [0.1, 0.15) is 17.2 Å². The summed E-state index contributed by atoms with van der Waals surface area (Å²) in [6, 6.07) is 19.7. The minimum Gasteiger partial charge on any atom is -0.506 e. The number of hydrogen-bond donors (Lipinski definition) is 1. The fourth-order valence-electron chi connectivity index (χ4n) is 2.37. The molecule has 0 unspecified atom stereocenters. The number of benzene rings is 3. The third-order valence-corrected chi connectivity index (χ3v) is 4.98. The highest BCUT2D eigenvalue weighted by molar-refractivity contribution is 9.11. The number of ether oxygens (including phenoxy) is 1. The quantitative estimate of drug-likeness (QED) is 0.352. The lowest BCUT2D eigenvalue weighted by Crippen LogP contribution is -2.21. The van der Waals surface area contributed by atoms with Crippen LogP contribution in [0.3, 0.4) is 0 Å². The second kappa shape index (κ2) is 9.03. The van der Waals surface area contributed by atoms with Gasteiger partial charge in [-0.3, -0.25) is 4.79 Å². The molecule has 0 aromatic heterocycles. The van der Waals surface area contributed by atoms with E-state index >= 15 is 0 Å². The Hall–Kier alpha value is -2.64. The lowest BCUT2D eigenvalue weighted by molar-refractivity contribution is 0.0800. The summed E-state index contributed by atoms with van der Waals surface area (Å²) >= 11 is 6.54. The summed E-state index contributed by atoms with van der Waals surface area (Å²) in [4.78, 5) is 12.7. The molecule has 0 aliphatic carbocycles. The van der Waals surface area contributed by atoms with E-state index in [1.54, 1.807) is 43.4 Å². The first-order chi connectivity index (χ1) is 13.4. The van der Waals surface area contributed by atoms with Gasteiger partial charge in [-0.15, -0.1) is 0 Å². The van der Waals surface area contributed by atoms with Gasteiger partial charge in [0.15, 0.2) is 0 Å². The molecular weight excluding hydrogens is 488 g/mol. The van der Waals surface area contributed by atoms with Gasteiger partial charge in [-0.25, -0.2) is 5.01 Å². The van der Waals surface area contributed by atoms with Gasteiger partial charge < -0.3 is 9.84 Å². The zero-order chi connectivity index (χ0) is 20.1. The van der Waals surface area contributed by atoms with Crippen molar-refractivity contribution in [3.63, 3.8) is 0 Å². The zero-order valence-corrected chi connectivity index (χ0v) is 18.0. The molecule has 3 rings (SSSR count). The molecule has 0 atom stereocenters. The summed E-state index contributed by atoms with van der Waals surface area (Å²) in [6.07, 6.45) is 1.54. The van der Waals surface area contributed by atoms with Crippen LogP contribution in [0.1, 0.15) is 15.9 Å². The number of nitrogens with zero attached hydrogens (tertiary/aromatic N) is 2. The lowest BCUT2D eigenvalue weighted by Gasteiger charge is -2.12. The average molecular weight is 504 g/mol. The molecule has 0 fully saturated rings. The van der Waals surface area contributed by atoms with Crippen LogP contribution in [0.25, 0.3) is 0 Å². The highest BCUT2D eigenvalue weighted by atomic mass is 79.9. The Labute approximate surface area is 179 Å². The first kappa shape index (κ1) is 20.1. The number of phenols is 1. The molecule has 3 aromatic rings. The molecule has 0 radical (unpaired) electrons. The fourth-order valence-corrected chi connectivity index (χ4v) is 3.59. The van der Waals surface area contributed by atoms with Crippen molar-refractivity contribution in [2.75, 3.05) is 7.05 Å². The zero-order valence-electron chi connectivity index (χ0n) is 14.8. The summed E-state index contributed by atoms with van der Waals surface area (Å²) in [5, 5.41) is 15.2. The lowest BCUT2D eigenvalue weighted by atomic mass is 10.2. The summed E-state index contributed by atoms with van der Waals surface area (Å²) in [6.45, 7) is 0. The minimum atomic E-state index is -0.272. The smallest absolute Gasteiger partial charge is 0.273 e. The van der Waals surface area contributed by atoms with Crippen LogP contribution in [0.2, 0.25) is 0 Å². The van der Waals surface area contributed by atoms with Crippen LogP contribution in [0.15, 0.2) is 80.8 Å². The van der Waals surface area contributed by atoms with Crippen molar-refractivity contribution < 1.29 is 14.6 Å². The van der Waals surface area contributed by atoms with E-state index in [-0.39, 0.29) is 11.7 Å². The molecule has 0 saturated heterocycles. The molecule has 0 heterocycles. The molecule has 28 heavy (non-hydrogen) atoms. The van der Waals surface area contributed by atoms with Gasteiger partial charge in [-0.1, -0.05) is 24.3 Å². The van der Waals surface area contributed by atoms with Crippen LogP contribution >= 0.6 is 31.9 Å². The molecular formula is C21H16Br2N2O3. The van der Waals surface area contributed by atoms with Crippen LogP contribution in [-0.4, -0.2) is 29.3 Å². The number of hydrazone groups is 1. The monoisotopic (exact) mass is 502 g/mol. The Morgan fingerprint density at radius 1 is 1.00 bits per heavy atom. The molecule has 1 amide bonds. The van der Waals surface area contributed by atoms with E-state index < -0.39 is 0 Å². The Morgan fingerprint density at radius 2 is 1.64 bits per heavy atom. The highest BCUT2D eigenvalue weighted by Gasteiger charge is 2.12. The van der Waals surface area contributed by atoms with E-state index in [0.29, 0.717) is 26.0 Å². The molecule has 0 saturated carbocycles. The molecule has 7 heteroatoms. The SMILES string of the molecule is CN(/N=C/c1cc(Br)c(O)c(Br)c1)C(=O)c1cccc(Oc2ccccc2)c1. The normalized spacial score (nSPS) is 10.8. The Bertz CT molecular complexity index is 1000. The number of halogens is 2. The first-order valence-corrected chi connectivity index (χ1v) is 9.85. The van der Waals surface area contributed by atoms with E-state index in [9.17, 15) is 9.90 Å². The van der Waals surface area contributed by atoms with E-state index in [1.807, 2.05) is 30.3 Å². The highest BCUT2D eigenvalue weighted by Crippen LogP contribution is 2.32. The molecule has 0 aliphatic heterocycles. The van der Waals surface area contributed by atoms with Crippen molar-refractivity contribution in [3.05, 3.63) is 86.8 Å². The number of phenolic OH excluding ortho intramolecular Hbond substituents is 1. The molecule has 1 N–H and O–H groups in total. The largest absolute Gasteiger partial charge is 0.506 e. The fraction of sp³-hybridized carbons (Fsp3) is 0.0476. The summed E-state index contributed by atoms with van der Waals surface area (Å²) < 4.78 is 6.83. The number of hydrogen-bond acceptors (Lipinski definition) is 4. The van der Waals surface area contributed by atoms with Crippen LogP contribution < -0.4 is 4.74 Å². The maximum atomic E-state index is 12.7. The van der Waals surface area contributed by atoms with Crippen molar-refractivity contribution in [1.29, 1.82) is 0 Å². The van der Waals surface area contributed by atoms with Gasteiger partial charge in [0.05, 0.1) is 15.2 Å². The van der Waals surface area contributed by atoms with E-state index in [2.05, 4.69) is 37.0 Å². The van der Waals surface area contributed by atoms with E-state index in [4.69, 9.17) is 4.74 Å². The molecule has 0 spiro atoms. The molecule has 0 bridgehead atoms. The number of aromatic hydroxyl groups is 1. The number of carbonyl (C=O) groups is 1. The molecule has 3 aromatic carbocycles. The third kappa shape index (κ3) is 4.99. The van der Waals surface area contributed by atoms with Gasteiger partial charge >= 0.3 is 0 Å². The number of amides is 1. The van der Waals surface area contributed by atoms with Crippen molar-refractivity contribution in [1.82, 2.24) is 5.01 Å². The maximum absolute atomic E-state index is 12.7. The first-order valence-electron chi connectivity index (χ1n) is 8.27. The van der Waals surface area contributed by atoms with Crippen molar-refractivity contribution in [3.8, 4) is 17.2 Å². The van der Waals surface area contributed by atoms with Gasteiger partial charge in [-0.2, -0.15) is 5.10 Å². The van der Waals surface area contributed by atoms with Crippen LogP contribution in [-0.2, 0) is 0 Å². The standard InChI is InChI=1S/C21H16Br2N2O3/c1-25(24-13-14-10-18(22)20(26)19(23)11-14)21(27)15-6-5-9-17(12-15)28-16-7-3-2-4-8-16/h2-13,26H,1H3/b24-13+. The Morgan fingerprint density at radius 3 is 2.32 bits per heavy atom. The summed E-state index contributed by atoms with van der Waals surface area (Å²) in [7, 11) is 1.58. The topological polar surface area (TPSA) is 62.1 Å². The van der Waals surface area contributed by atoms with Gasteiger partial charge in [0.2, 0.25) is 0 Å². The third-order valence-electron chi connectivity index (χ3n) is 3.77. The van der Waals surface area contributed by atoms with Gasteiger partial charge in [-0.05, 0) is 79.9 Å². The van der Waals surface area contributed by atoms with Crippen LogP contribution in [0, 0.1) is 0 Å².